The number of amides is 1. The van der Waals surface area contributed by atoms with Gasteiger partial charge in [0.1, 0.15) is 9.88 Å². The maximum absolute atomic E-state index is 13.4. The molecule has 0 aliphatic heterocycles. The minimum absolute atomic E-state index is 0.0925. The van der Waals surface area contributed by atoms with Crippen LogP contribution in [0.4, 0.5) is 18.9 Å². The molecule has 0 aliphatic rings. The SMILES string of the molecule is O=C(O)Cc1ccc(NC(=O)c2sc(-c3ccccc3)nc2C(F)(F)F)cc1. The highest BCUT2D eigenvalue weighted by Crippen LogP contribution is 2.38. The van der Waals surface area contributed by atoms with Gasteiger partial charge in [0, 0.05) is 11.3 Å². The average molecular weight is 406 g/mol. The molecule has 2 N–H and O–H groups in total. The Labute approximate surface area is 161 Å². The van der Waals surface area contributed by atoms with Crippen molar-refractivity contribution in [2.24, 2.45) is 0 Å². The third-order valence-electron chi connectivity index (χ3n) is 3.69. The molecule has 3 aromatic rings. The van der Waals surface area contributed by atoms with E-state index in [2.05, 4.69) is 10.3 Å². The zero-order chi connectivity index (χ0) is 20.3. The number of carbonyl (C=O) groups excluding carboxylic acids is 1. The van der Waals surface area contributed by atoms with E-state index in [4.69, 9.17) is 5.11 Å². The lowest BCUT2D eigenvalue weighted by molar-refractivity contribution is -0.141. The van der Waals surface area contributed by atoms with E-state index in [-0.39, 0.29) is 17.1 Å². The normalized spacial score (nSPS) is 11.2. The number of aliphatic carboxylic acids is 1. The number of hydrogen-bond donors (Lipinski definition) is 2. The fourth-order valence-corrected chi connectivity index (χ4v) is 3.42. The molecule has 1 heterocycles. The van der Waals surface area contributed by atoms with Crippen LogP contribution in [0.15, 0.2) is 54.6 Å². The van der Waals surface area contributed by atoms with Crippen LogP contribution in [-0.2, 0) is 17.4 Å². The van der Waals surface area contributed by atoms with Crippen LogP contribution in [0.5, 0.6) is 0 Å². The Kier molecular flexibility index (Phi) is 5.46. The predicted molar refractivity (Wildman–Crippen MR) is 98.3 cm³/mol. The van der Waals surface area contributed by atoms with Crippen LogP contribution in [0.25, 0.3) is 10.6 Å². The first-order valence-electron chi connectivity index (χ1n) is 7.99. The molecule has 0 saturated heterocycles. The van der Waals surface area contributed by atoms with Crippen molar-refractivity contribution in [1.29, 1.82) is 0 Å². The highest BCUT2D eigenvalue weighted by molar-refractivity contribution is 7.17. The number of nitrogens with one attached hydrogen (secondary N) is 1. The first-order valence-corrected chi connectivity index (χ1v) is 8.81. The van der Waals surface area contributed by atoms with Crippen molar-refractivity contribution >= 4 is 28.9 Å². The summed E-state index contributed by atoms with van der Waals surface area (Å²) in [5.74, 6) is -1.94. The van der Waals surface area contributed by atoms with Crippen molar-refractivity contribution in [3.05, 3.63) is 70.7 Å². The van der Waals surface area contributed by atoms with Crippen LogP contribution in [0.3, 0.4) is 0 Å². The van der Waals surface area contributed by atoms with Crippen molar-refractivity contribution in [2.45, 2.75) is 12.6 Å². The molecule has 1 aromatic heterocycles. The van der Waals surface area contributed by atoms with Crippen LogP contribution < -0.4 is 5.32 Å². The third kappa shape index (κ3) is 4.55. The molecule has 9 heteroatoms. The molecule has 1 amide bonds. The topological polar surface area (TPSA) is 79.3 Å². The van der Waals surface area contributed by atoms with Crippen LogP contribution in [-0.4, -0.2) is 22.0 Å². The molecule has 0 unspecified atom stereocenters. The fraction of sp³-hybridized carbons (Fsp3) is 0.105. The second kappa shape index (κ2) is 7.81. The van der Waals surface area contributed by atoms with E-state index >= 15 is 0 Å². The second-order valence-electron chi connectivity index (χ2n) is 5.78. The van der Waals surface area contributed by atoms with Crippen molar-refractivity contribution in [3.63, 3.8) is 0 Å². The molecule has 0 spiro atoms. The molecular formula is C19H13F3N2O3S. The third-order valence-corrected chi connectivity index (χ3v) is 4.79. The monoisotopic (exact) mass is 406 g/mol. The number of benzene rings is 2. The molecule has 2 aromatic carbocycles. The maximum Gasteiger partial charge on any atom is 0.435 e. The lowest BCUT2D eigenvalue weighted by atomic mass is 10.1. The van der Waals surface area contributed by atoms with Crippen LogP contribution in [0.1, 0.15) is 20.9 Å². The quantitative estimate of drug-likeness (QED) is 0.643. The Bertz CT molecular complexity index is 1000. The largest absolute Gasteiger partial charge is 0.481 e. The van der Waals surface area contributed by atoms with E-state index in [1.165, 1.54) is 24.3 Å². The minimum atomic E-state index is -4.78. The van der Waals surface area contributed by atoms with E-state index in [9.17, 15) is 22.8 Å². The summed E-state index contributed by atoms with van der Waals surface area (Å²) in [5, 5.41) is 11.2. The number of aromatic nitrogens is 1. The summed E-state index contributed by atoms with van der Waals surface area (Å²) >= 11 is 0.658. The molecule has 5 nitrogen and oxygen atoms in total. The number of anilines is 1. The Balaban J connectivity index is 1.88. The van der Waals surface area contributed by atoms with Gasteiger partial charge < -0.3 is 10.4 Å². The lowest BCUT2D eigenvalue weighted by Gasteiger charge is -2.08. The highest BCUT2D eigenvalue weighted by Gasteiger charge is 2.39. The number of nitrogens with zero attached hydrogens (tertiary/aromatic N) is 1. The minimum Gasteiger partial charge on any atom is -0.481 e. The van der Waals surface area contributed by atoms with E-state index in [0.29, 0.717) is 22.5 Å². The van der Waals surface area contributed by atoms with Gasteiger partial charge in [0.25, 0.3) is 5.91 Å². The highest BCUT2D eigenvalue weighted by atomic mass is 32.1. The molecule has 3 rings (SSSR count). The van der Waals surface area contributed by atoms with E-state index in [1.54, 1.807) is 30.3 Å². The zero-order valence-corrected chi connectivity index (χ0v) is 15.0. The van der Waals surface area contributed by atoms with Gasteiger partial charge in [0.15, 0.2) is 5.69 Å². The number of carbonyl (C=O) groups is 2. The summed E-state index contributed by atoms with van der Waals surface area (Å²) in [6, 6.07) is 14.1. The van der Waals surface area contributed by atoms with Gasteiger partial charge >= 0.3 is 12.1 Å². The van der Waals surface area contributed by atoms with Gasteiger partial charge in [-0.1, -0.05) is 42.5 Å². The summed E-state index contributed by atoms with van der Waals surface area (Å²) in [7, 11) is 0. The molecule has 0 atom stereocenters. The molecule has 0 aliphatic carbocycles. The zero-order valence-electron chi connectivity index (χ0n) is 14.2. The smallest absolute Gasteiger partial charge is 0.435 e. The Hall–Kier alpha value is -3.20. The number of carboxylic acid groups (broad SMARTS) is 1. The number of carboxylic acids is 1. The number of hydrogen-bond acceptors (Lipinski definition) is 4. The first-order chi connectivity index (χ1) is 13.2. The number of thiazole rings is 1. The summed E-state index contributed by atoms with van der Waals surface area (Å²) in [4.78, 5) is 26.2. The van der Waals surface area contributed by atoms with Gasteiger partial charge in [-0.2, -0.15) is 13.2 Å². The Morgan fingerprint density at radius 2 is 1.68 bits per heavy atom. The second-order valence-corrected chi connectivity index (χ2v) is 6.78. The Morgan fingerprint density at radius 1 is 1.04 bits per heavy atom. The van der Waals surface area contributed by atoms with Crippen LogP contribution in [0, 0.1) is 0 Å². The number of alkyl halides is 3. The summed E-state index contributed by atoms with van der Waals surface area (Å²) in [6.07, 6.45) is -4.97. The average Bonchev–Trinajstić information content (AvgIpc) is 3.10. The summed E-state index contributed by atoms with van der Waals surface area (Å²) in [6.45, 7) is 0. The van der Waals surface area contributed by atoms with Crippen LogP contribution >= 0.6 is 11.3 Å². The van der Waals surface area contributed by atoms with Gasteiger partial charge in [0.2, 0.25) is 0 Å². The first kappa shape index (κ1) is 19.6. The molecule has 0 saturated carbocycles. The molecule has 0 radical (unpaired) electrons. The van der Waals surface area contributed by atoms with Crippen molar-refractivity contribution in [3.8, 4) is 10.6 Å². The van der Waals surface area contributed by atoms with Gasteiger partial charge in [-0.3, -0.25) is 9.59 Å². The lowest BCUT2D eigenvalue weighted by Crippen LogP contribution is -2.17. The number of rotatable bonds is 5. The maximum atomic E-state index is 13.4. The molecule has 28 heavy (non-hydrogen) atoms. The van der Waals surface area contributed by atoms with Gasteiger partial charge in [-0.05, 0) is 17.7 Å². The van der Waals surface area contributed by atoms with Crippen LogP contribution in [0.2, 0.25) is 0 Å². The molecule has 0 bridgehead atoms. The molecule has 0 fully saturated rings. The summed E-state index contributed by atoms with van der Waals surface area (Å²) in [5.41, 5.74) is -0.000943. The predicted octanol–water partition coefficient (Wildman–Crippen LogP) is 4.71. The number of halogens is 3. The van der Waals surface area contributed by atoms with E-state index in [1.807, 2.05) is 0 Å². The van der Waals surface area contributed by atoms with E-state index in [0.717, 1.165) is 0 Å². The van der Waals surface area contributed by atoms with Crippen molar-refractivity contribution in [2.75, 3.05) is 5.32 Å². The van der Waals surface area contributed by atoms with Crippen molar-refractivity contribution < 1.29 is 27.9 Å². The van der Waals surface area contributed by atoms with Gasteiger partial charge in [-0.15, -0.1) is 11.3 Å². The van der Waals surface area contributed by atoms with Gasteiger partial charge in [0.05, 0.1) is 6.42 Å². The fourth-order valence-electron chi connectivity index (χ4n) is 2.44. The summed E-state index contributed by atoms with van der Waals surface area (Å²) < 4.78 is 40.1. The standard InChI is InChI=1S/C19H13F3N2O3S/c20-19(21,22)16-15(28-18(24-16)12-4-2-1-3-5-12)17(27)23-13-8-6-11(7-9-13)10-14(25)26/h1-9H,10H2,(H,23,27)(H,25,26). The van der Waals surface area contributed by atoms with Gasteiger partial charge in [-0.25, -0.2) is 4.98 Å². The molecule has 144 valence electrons. The van der Waals surface area contributed by atoms with E-state index < -0.39 is 28.6 Å². The van der Waals surface area contributed by atoms with Crippen molar-refractivity contribution in [1.82, 2.24) is 4.98 Å². The molecular weight excluding hydrogens is 393 g/mol. The Morgan fingerprint density at radius 3 is 2.25 bits per heavy atom.